The van der Waals surface area contributed by atoms with Gasteiger partial charge in [0, 0.05) is 17.7 Å². The van der Waals surface area contributed by atoms with Crippen molar-refractivity contribution >= 4 is 22.9 Å². The fourth-order valence-corrected chi connectivity index (χ4v) is 2.64. The monoisotopic (exact) mass is 364 g/mol. The van der Waals surface area contributed by atoms with E-state index >= 15 is 0 Å². The predicted molar refractivity (Wildman–Crippen MR) is 104 cm³/mol. The molecule has 0 aliphatic carbocycles. The van der Waals surface area contributed by atoms with Gasteiger partial charge in [-0.3, -0.25) is 4.79 Å². The number of hydrogen-bond acceptors (Lipinski definition) is 5. The molecular formula is C21H20N2O4. The molecule has 0 atom stereocenters. The summed E-state index contributed by atoms with van der Waals surface area (Å²) in [5, 5.41) is 3.50. The van der Waals surface area contributed by atoms with E-state index in [1.54, 1.807) is 45.7 Å². The number of nitrogens with zero attached hydrogens (tertiary/aromatic N) is 1. The zero-order chi connectivity index (χ0) is 19.2. The fourth-order valence-electron chi connectivity index (χ4n) is 2.64. The highest BCUT2D eigenvalue weighted by atomic mass is 16.5. The zero-order valence-corrected chi connectivity index (χ0v) is 15.4. The normalized spacial score (nSPS) is 10.8. The molecule has 0 radical (unpaired) electrons. The Labute approximate surface area is 157 Å². The van der Waals surface area contributed by atoms with Gasteiger partial charge >= 0.3 is 0 Å². The van der Waals surface area contributed by atoms with Crippen molar-refractivity contribution in [2.24, 2.45) is 0 Å². The Morgan fingerprint density at radius 3 is 2.37 bits per heavy atom. The van der Waals surface area contributed by atoms with Crippen LogP contribution >= 0.6 is 0 Å². The first kappa shape index (κ1) is 18.3. The number of benzene rings is 2. The lowest BCUT2D eigenvalue weighted by atomic mass is 10.1. The molecule has 1 aromatic heterocycles. The van der Waals surface area contributed by atoms with Crippen LogP contribution in [-0.2, 0) is 0 Å². The molecular weight excluding hydrogens is 344 g/mol. The third-order valence-corrected chi connectivity index (χ3v) is 4.04. The predicted octanol–water partition coefficient (Wildman–Crippen LogP) is 3.66. The van der Waals surface area contributed by atoms with Crippen LogP contribution in [0.1, 0.15) is 16.1 Å². The maximum atomic E-state index is 12.5. The molecule has 3 rings (SSSR count). The molecule has 6 heteroatoms. The summed E-state index contributed by atoms with van der Waals surface area (Å²) in [5.74, 6) is 1.57. The molecule has 0 unspecified atom stereocenters. The van der Waals surface area contributed by atoms with E-state index in [1.807, 2.05) is 36.4 Å². The highest BCUT2D eigenvalue weighted by molar-refractivity contribution is 5.99. The number of nitrogens with one attached hydrogen (secondary N) is 1. The minimum atomic E-state index is -0.342. The number of para-hydroxylation sites is 1. The molecule has 1 heterocycles. The van der Waals surface area contributed by atoms with Crippen LogP contribution in [0.5, 0.6) is 17.2 Å². The van der Waals surface area contributed by atoms with Gasteiger partial charge in [-0.05, 0) is 35.9 Å². The van der Waals surface area contributed by atoms with Crippen molar-refractivity contribution in [3.63, 3.8) is 0 Å². The van der Waals surface area contributed by atoms with Gasteiger partial charge in [-0.2, -0.15) is 0 Å². The highest BCUT2D eigenvalue weighted by Crippen LogP contribution is 2.31. The largest absolute Gasteiger partial charge is 0.497 e. The third-order valence-electron chi connectivity index (χ3n) is 4.04. The van der Waals surface area contributed by atoms with Crippen molar-refractivity contribution in [2.75, 3.05) is 21.3 Å². The van der Waals surface area contributed by atoms with Crippen LogP contribution in [0.4, 0.5) is 0 Å². The fraction of sp³-hybridized carbons (Fsp3) is 0.143. The number of carbonyl (C=O) groups is 1. The van der Waals surface area contributed by atoms with Gasteiger partial charge in [0.25, 0.3) is 5.91 Å². The van der Waals surface area contributed by atoms with Crippen molar-refractivity contribution < 1.29 is 19.0 Å². The van der Waals surface area contributed by atoms with Crippen LogP contribution in [0.2, 0.25) is 0 Å². The molecule has 0 fully saturated rings. The summed E-state index contributed by atoms with van der Waals surface area (Å²) in [6.45, 7) is 0. The topological polar surface area (TPSA) is 69.7 Å². The number of aromatic nitrogens is 1. The van der Waals surface area contributed by atoms with E-state index in [4.69, 9.17) is 14.2 Å². The lowest BCUT2D eigenvalue weighted by molar-refractivity contribution is 0.0965. The van der Waals surface area contributed by atoms with Gasteiger partial charge in [0.1, 0.15) is 28.5 Å². The molecule has 0 saturated heterocycles. The molecule has 138 valence electrons. The van der Waals surface area contributed by atoms with Crippen LogP contribution in [0.25, 0.3) is 17.0 Å². The second-order valence-electron chi connectivity index (χ2n) is 5.65. The minimum absolute atomic E-state index is 0.239. The summed E-state index contributed by atoms with van der Waals surface area (Å²) in [5.41, 5.74) is 1.74. The Morgan fingerprint density at radius 2 is 1.70 bits per heavy atom. The first-order valence-electron chi connectivity index (χ1n) is 8.29. The quantitative estimate of drug-likeness (QED) is 0.723. The van der Waals surface area contributed by atoms with Crippen molar-refractivity contribution in [3.8, 4) is 17.2 Å². The Bertz CT molecular complexity index is 981. The lowest BCUT2D eigenvalue weighted by Crippen LogP contribution is -2.18. The number of amides is 1. The molecule has 1 amide bonds. The summed E-state index contributed by atoms with van der Waals surface area (Å²) in [4.78, 5) is 16.9. The number of pyridine rings is 1. The third kappa shape index (κ3) is 4.00. The molecule has 3 aromatic rings. The number of ether oxygens (including phenoxy) is 3. The van der Waals surface area contributed by atoms with Gasteiger partial charge in [0.05, 0.1) is 21.3 Å². The maximum Gasteiger partial charge on any atom is 0.273 e. The standard InChI is InChI=1S/C21H20N2O4/c1-25-15-9-7-14(8-10-15)11-12-22-21(24)17-13-19(27-3)16-5-4-6-18(26-2)20(16)23-17/h4-13H,1-3H3,(H,22,24)/b12-11+. The Hall–Kier alpha value is -3.54. The zero-order valence-electron chi connectivity index (χ0n) is 15.4. The minimum Gasteiger partial charge on any atom is -0.497 e. The van der Waals surface area contributed by atoms with E-state index in [-0.39, 0.29) is 11.6 Å². The summed E-state index contributed by atoms with van der Waals surface area (Å²) in [6, 6.07) is 14.6. The van der Waals surface area contributed by atoms with Crippen LogP contribution in [0.3, 0.4) is 0 Å². The Kier molecular flexibility index (Phi) is 5.56. The Morgan fingerprint density at radius 1 is 0.963 bits per heavy atom. The molecule has 2 aromatic carbocycles. The second-order valence-corrected chi connectivity index (χ2v) is 5.65. The second kappa shape index (κ2) is 8.23. The van der Waals surface area contributed by atoms with E-state index in [2.05, 4.69) is 10.3 Å². The maximum absolute atomic E-state index is 12.5. The van der Waals surface area contributed by atoms with Gasteiger partial charge in [0.2, 0.25) is 0 Å². The van der Waals surface area contributed by atoms with Crippen LogP contribution < -0.4 is 19.5 Å². The highest BCUT2D eigenvalue weighted by Gasteiger charge is 2.14. The molecule has 0 spiro atoms. The lowest BCUT2D eigenvalue weighted by Gasteiger charge is -2.10. The van der Waals surface area contributed by atoms with Crippen LogP contribution in [0.15, 0.2) is 54.7 Å². The van der Waals surface area contributed by atoms with E-state index in [0.717, 1.165) is 16.7 Å². The van der Waals surface area contributed by atoms with Gasteiger partial charge < -0.3 is 19.5 Å². The van der Waals surface area contributed by atoms with Gasteiger partial charge in [0.15, 0.2) is 0 Å². The number of methoxy groups -OCH3 is 3. The summed E-state index contributed by atoms with van der Waals surface area (Å²) in [7, 11) is 4.73. The first-order valence-corrected chi connectivity index (χ1v) is 8.29. The number of hydrogen-bond donors (Lipinski definition) is 1. The van der Waals surface area contributed by atoms with Gasteiger partial charge in [-0.15, -0.1) is 0 Å². The van der Waals surface area contributed by atoms with E-state index in [1.165, 1.54) is 0 Å². The van der Waals surface area contributed by atoms with Crippen LogP contribution in [0, 0.1) is 0 Å². The summed E-state index contributed by atoms with van der Waals surface area (Å²) >= 11 is 0. The number of fused-ring (bicyclic) bond motifs is 1. The van der Waals surface area contributed by atoms with E-state index in [0.29, 0.717) is 17.0 Å². The van der Waals surface area contributed by atoms with Crippen molar-refractivity contribution in [3.05, 3.63) is 66.0 Å². The van der Waals surface area contributed by atoms with Crippen molar-refractivity contribution in [1.29, 1.82) is 0 Å². The smallest absolute Gasteiger partial charge is 0.273 e. The van der Waals surface area contributed by atoms with E-state index < -0.39 is 0 Å². The first-order chi connectivity index (χ1) is 13.2. The molecule has 0 bridgehead atoms. The number of carbonyl (C=O) groups excluding carboxylic acids is 1. The van der Waals surface area contributed by atoms with E-state index in [9.17, 15) is 4.79 Å². The van der Waals surface area contributed by atoms with Gasteiger partial charge in [-0.25, -0.2) is 4.98 Å². The SMILES string of the molecule is COc1ccc(/C=C/NC(=O)c2cc(OC)c3cccc(OC)c3n2)cc1. The Balaban J connectivity index is 1.83. The molecule has 0 aliphatic heterocycles. The molecule has 27 heavy (non-hydrogen) atoms. The van der Waals surface area contributed by atoms with Crippen molar-refractivity contribution in [2.45, 2.75) is 0 Å². The van der Waals surface area contributed by atoms with Crippen LogP contribution in [-0.4, -0.2) is 32.2 Å². The molecule has 0 saturated carbocycles. The van der Waals surface area contributed by atoms with Crippen molar-refractivity contribution in [1.82, 2.24) is 10.3 Å². The summed E-state index contributed by atoms with van der Waals surface area (Å²) < 4.78 is 15.9. The molecule has 1 N–H and O–H groups in total. The average molecular weight is 364 g/mol. The average Bonchev–Trinajstić information content (AvgIpc) is 2.72. The summed E-state index contributed by atoms with van der Waals surface area (Å²) in [6.07, 6.45) is 3.36. The molecule has 6 nitrogen and oxygen atoms in total. The van der Waals surface area contributed by atoms with Gasteiger partial charge in [-0.1, -0.05) is 18.2 Å². The number of rotatable bonds is 6. The molecule has 0 aliphatic rings.